The van der Waals surface area contributed by atoms with E-state index in [1.54, 1.807) is 19.1 Å². The molecule has 3 N–H and O–H groups in total. The Morgan fingerprint density at radius 2 is 1.86 bits per heavy atom. The van der Waals surface area contributed by atoms with Crippen LogP contribution in [0.4, 0.5) is 11.9 Å². The number of hydrogen-bond acceptors (Lipinski definition) is 7. The number of rotatable bonds is 8. The molecule has 1 rings (SSSR count). The number of aliphatic hydroxyl groups is 1. The van der Waals surface area contributed by atoms with Crippen LogP contribution in [0.3, 0.4) is 0 Å². The van der Waals surface area contributed by atoms with Gasteiger partial charge in [0.2, 0.25) is 21.9 Å². The van der Waals surface area contributed by atoms with E-state index in [0.717, 1.165) is 12.7 Å². The SMILES string of the molecule is C/C=C/c1nc(NC(CO)CC(C)C)nc(NS(C)(=O)=O)n1. The van der Waals surface area contributed by atoms with Crippen molar-refractivity contribution >= 4 is 28.0 Å². The number of aliphatic hydroxyl groups excluding tert-OH is 1. The van der Waals surface area contributed by atoms with Gasteiger partial charge in [-0.2, -0.15) is 15.0 Å². The Morgan fingerprint density at radius 1 is 1.23 bits per heavy atom. The zero-order valence-electron chi connectivity index (χ0n) is 13.2. The zero-order valence-corrected chi connectivity index (χ0v) is 14.1. The third kappa shape index (κ3) is 6.81. The number of sulfonamides is 1. The molecule has 0 aromatic carbocycles. The summed E-state index contributed by atoms with van der Waals surface area (Å²) >= 11 is 0. The highest BCUT2D eigenvalue weighted by atomic mass is 32.2. The van der Waals surface area contributed by atoms with Crippen LogP contribution in [0.15, 0.2) is 6.08 Å². The molecule has 0 saturated heterocycles. The van der Waals surface area contributed by atoms with E-state index in [0.29, 0.717) is 11.7 Å². The smallest absolute Gasteiger partial charge is 0.241 e. The molecular weight excluding hydrogens is 306 g/mol. The average molecular weight is 329 g/mol. The van der Waals surface area contributed by atoms with E-state index in [9.17, 15) is 13.5 Å². The van der Waals surface area contributed by atoms with Crippen molar-refractivity contribution in [2.45, 2.75) is 33.2 Å². The van der Waals surface area contributed by atoms with Crippen molar-refractivity contribution in [1.82, 2.24) is 15.0 Å². The molecule has 0 amide bonds. The molecule has 0 radical (unpaired) electrons. The first-order chi connectivity index (χ1) is 10.2. The molecule has 9 heteroatoms. The van der Waals surface area contributed by atoms with Gasteiger partial charge in [0.15, 0.2) is 5.82 Å². The number of hydrogen-bond donors (Lipinski definition) is 3. The van der Waals surface area contributed by atoms with Crippen molar-refractivity contribution < 1.29 is 13.5 Å². The van der Waals surface area contributed by atoms with Gasteiger partial charge in [0.05, 0.1) is 18.9 Å². The topological polar surface area (TPSA) is 117 Å². The third-order valence-electron chi connectivity index (χ3n) is 2.55. The van der Waals surface area contributed by atoms with Crippen molar-refractivity contribution in [3.8, 4) is 0 Å². The summed E-state index contributed by atoms with van der Waals surface area (Å²) < 4.78 is 24.9. The second-order valence-electron chi connectivity index (χ2n) is 5.37. The fourth-order valence-electron chi connectivity index (χ4n) is 1.82. The number of nitrogens with zero attached hydrogens (tertiary/aromatic N) is 3. The van der Waals surface area contributed by atoms with Crippen molar-refractivity contribution in [3.05, 3.63) is 11.9 Å². The maximum absolute atomic E-state index is 11.3. The lowest BCUT2D eigenvalue weighted by molar-refractivity contribution is 0.259. The van der Waals surface area contributed by atoms with Gasteiger partial charge in [-0.25, -0.2) is 8.42 Å². The van der Waals surface area contributed by atoms with Crippen LogP contribution in [0.1, 0.15) is 33.0 Å². The van der Waals surface area contributed by atoms with Gasteiger partial charge in [0, 0.05) is 0 Å². The maximum atomic E-state index is 11.3. The first-order valence-electron chi connectivity index (χ1n) is 6.97. The Labute approximate surface area is 131 Å². The lowest BCUT2D eigenvalue weighted by atomic mass is 10.0. The van der Waals surface area contributed by atoms with Gasteiger partial charge in [-0.1, -0.05) is 19.9 Å². The van der Waals surface area contributed by atoms with Crippen LogP contribution in [-0.2, 0) is 10.0 Å². The molecule has 1 aromatic rings. The predicted molar refractivity (Wildman–Crippen MR) is 87.0 cm³/mol. The molecule has 0 aliphatic heterocycles. The van der Waals surface area contributed by atoms with E-state index in [1.165, 1.54) is 0 Å². The first kappa shape index (κ1) is 18.3. The molecule has 0 fully saturated rings. The summed E-state index contributed by atoms with van der Waals surface area (Å²) in [5.74, 6) is 0.866. The normalized spacial score (nSPS) is 13.5. The Hall–Kier alpha value is -1.74. The summed E-state index contributed by atoms with van der Waals surface area (Å²) in [5, 5.41) is 12.4. The highest BCUT2D eigenvalue weighted by Gasteiger charge is 2.14. The third-order valence-corrected chi connectivity index (χ3v) is 3.11. The molecule has 1 unspecified atom stereocenters. The Bertz CT molecular complexity index is 616. The summed E-state index contributed by atoms with van der Waals surface area (Å²) in [4.78, 5) is 12.2. The first-order valence-corrected chi connectivity index (χ1v) is 8.86. The molecular formula is C13H23N5O3S. The number of anilines is 2. The van der Waals surface area contributed by atoms with E-state index >= 15 is 0 Å². The van der Waals surface area contributed by atoms with Crippen LogP contribution in [0.25, 0.3) is 6.08 Å². The van der Waals surface area contributed by atoms with Crippen LogP contribution < -0.4 is 10.0 Å². The lowest BCUT2D eigenvalue weighted by Gasteiger charge is -2.18. The zero-order chi connectivity index (χ0) is 16.8. The van der Waals surface area contributed by atoms with Crippen LogP contribution in [0.2, 0.25) is 0 Å². The molecule has 0 aliphatic carbocycles. The molecule has 8 nitrogen and oxygen atoms in total. The predicted octanol–water partition coefficient (Wildman–Crippen LogP) is 1.10. The molecule has 0 bridgehead atoms. The summed E-state index contributed by atoms with van der Waals surface area (Å²) in [6.07, 6.45) is 5.13. The van der Waals surface area contributed by atoms with Gasteiger partial charge >= 0.3 is 0 Å². The van der Waals surface area contributed by atoms with Crippen molar-refractivity contribution in [2.24, 2.45) is 5.92 Å². The van der Waals surface area contributed by atoms with E-state index in [-0.39, 0.29) is 24.5 Å². The van der Waals surface area contributed by atoms with Crippen LogP contribution in [0, 0.1) is 5.92 Å². The Kier molecular flexibility index (Phi) is 6.69. The molecule has 0 saturated carbocycles. The van der Waals surface area contributed by atoms with Crippen LogP contribution in [-0.4, -0.2) is 47.4 Å². The maximum Gasteiger partial charge on any atom is 0.241 e. The summed E-state index contributed by atoms with van der Waals surface area (Å²) in [6, 6.07) is -0.216. The monoisotopic (exact) mass is 329 g/mol. The second kappa shape index (κ2) is 8.04. The lowest BCUT2D eigenvalue weighted by Crippen LogP contribution is -2.27. The Morgan fingerprint density at radius 3 is 2.36 bits per heavy atom. The highest BCUT2D eigenvalue weighted by molar-refractivity contribution is 7.91. The molecule has 1 aromatic heterocycles. The molecule has 1 atom stereocenters. The van der Waals surface area contributed by atoms with Crippen molar-refractivity contribution in [3.63, 3.8) is 0 Å². The standard InChI is InChI=1S/C13H23N5O3S/c1-5-6-11-15-12(14-10(8-19)7-9(2)3)17-13(16-11)18-22(4,20)21/h5-6,9-10,19H,7-8H2,1-4H3,(H2,14,15,16,17,18)/b6-5+. The highest BCUT2D eigenvalue weighted by Crippen LogP contribution is 2.12. The van der Waals surface area contributed by atoms with Crippen molar-refractivity contribution in [1.29, 1.82) is 0 Å². The van der Waals surface area contributed by atoms with Crippen LogP contribution in [0.5, 0.6) is 0 Å². The van der Waals surface area contributed by atoms with Gasteiger partial charge in [-0.15, -0.1) is 0 Å². The average Bonchev–Trinajstić information content (AvgIpc) is 2.35. The molecule has 1 heterocycles. The molecule has 0 spiro atoms. The largest absolute Gasteiger partial charge is 0.394 e. The summed E-state index contributed by atoms with van der Waals surface area (Å²) in [5.41, 5.74) is 0. The van der Waals surface area contributed by atoms with E-state index in [1.807, 2.05) is 13.8 Å². The number of aromatic nitrogens is 3. The van der Waals surface area contributed by atoms with Gasteiger partial charge in [-0.05, 0) is 25.3 Å². The second-order valence-corrected chi connectivity index (χ2v) is 7.12. The summed E-state index contributed by atoms with van der Waals surface area (Å²) in [6.45, 7) is 5.81. The van der Waals surface area contributed by atoms with Gasteiger partial charge in [-0.3, -0.25) is 4.72 Å². The number of nitrogens with one attached hydrogen (secondary N) is 2. The van der Waals surface area contributed by atoms with E-state index < -0.39 is 10.0 Å². The van der Waals surface area contributed by atoms with Gasteiger partial charge in [0.25, 0.3) is 0 Å². The minimum atomic E-state index is -3.48. The Balaban J connectivity index is 3.06. The minimum Gasteiger partial charge on any atom is -0.394 e. The minimum absolute atomic E-state index is 0.0608. The summed E-state index contributed by atoms with van der Waals surface area (Å²) in [7, 11) is -3.48. The number of allylic oxidation sites excluding steroid dienone is 1. The van der Waals surface area contributed by atoms with Gasteiger partial charge < -0.3 is 10.4 Å². The van der Waals surface area contributed by atoms with Crippen molar-refractivity contribution in [2.75, 3.05) is 22.9 Å². The van der Waals surface area contributed by atoms with E-state index in [2.05, 4.69) is 25.0 Å². The van der Waals surface area contributed by atoms with Gasteiger partial charge in [0.1, 0.15) is 0 Å². The fourth-order valence-corrected chi connectivity index (χ4v) is 2.25. The quantitative estimate of drug-likeness (QED) is 0.653. The fraction of sp³-hybridized carbons (Fsp3) is 0.615. The molecule has 22 heavy (non-hydrogen) atoms. The molecule has 124 valence electrons. The van der Waals surface area contributed by atoms with Crippen LogP contribution >= 0.6 is 0 Å². The van der Waals surface area contributed by atoms with E-state index in [4.69, 9.17) is 0 Å². The molecule has 0 aliphatic rings.